The van der Waals surface area contributed by atoms with Crippen molar-refractivity contribution >= 4 is 11.6 Å². The molecule has 4 heterocycles. The first-order valence-electron chi connectivity index (χ1n) is 11.9. The summed E-state index contributed by atoms with van der Waals surface area (Å²) in [4.78, 5) is 15.5. The lowest BCUT2D eigenvalue weighted by atomic mass is 9.73. The largest absolute Gasteiger partial charge is 0.491 e. The van der Waals surface area contributed by atoms with Crippen LogP contribution in [0.25, 0.3) is 0 Å². The molecule has 2 spiro atoms. The molecule has 5 nitrogen and oxygen atoms in total. The lowest BCUT2D eigenvalue weighted by molar-refractivity contribution is -0.153. The van der Waals surface area contributed by atoms with Crippen molar-refractivity contribution in [2.45, 2.75) is 55.8 Å². The van der Waals surface area contributed by atoms with Crippen molar-refractivity contribution in [2.24, 2.45) is 0 Å². The van der Waals surface area contributed by atoms with Crippen LogP contribution in [-0.2, 0) is 29.4 Å². The summed E-state index contributed by atoms with van der Waals surface area (Å²) < 4.78 is 56.7. The minimum absolute atomic E-state index is 0.0532. The van der Waals surface area contributed by atoms with E-state index in [1.165, 1.54) is 17.4 Å². The molecular formula is C27H22F3NO4. The van der Waals surface area contributed by atoms with E-state index in [0.29, 0.717) is 11.4 Å². The lowest BCUT2D eigenvalue weighted by Crippen LogP contribution is -2.45. The van der Waals surface area contributed by atoms with Gasteiger partial charge in [-0.25, -0.2) is 0 Å². The van der Waals surface area contributed by atoms with Gasteiger partial charge in [0.1, 0.15) is 34.9 Å². The van der Waals surface area contributed by atoms with E-state index in [0.717, 1.165) is 54.2 Å². The van der Waals surface area contributed by atoms with E-state index in [2.05, 4.69) is 0 Å². The molecule has 1 amide bonds. The van der Waals surface area contributed by atoms with Gasteiger partial charge in [-0.3, -0.25) is 4.79 Å². The standard InChI is InChI=1S/C27H22F3NO4/c28-27(29,30)23-7-6-17(34-23)14-31-20-5-2-1-4-18(20)26(24(31)32)15-33-22-13-21-16(12-19(22)26)8-11-25(35-21)9-3-10-25/h1-2,4-7,12-13H,3,8-11,14-15H2. The number of fused-ring (bicyclic) bond motifs is 5. The molecule has 7 rings (SSSR count). The van der Waals surface area contributed by atoms with E-state index in [1.807, 2.05) is 36.4 Å². The maximum Gasteiger partial charge on any atom is 0.449 e. The highest BCUT2D eigenvalue weighted by molar-refractivity contribution is 6.11. The number of aryl methyl sites for hydroxylation is 1. The number of ether oxygens (including phenoxy) is 2. The topological polar surface area (TPSA) is 51.9 Å². The predicted molar refractivity (Wildman–Crippen MR) is 120 cm³/mol. The first kappa shape index (κ1) is 20.9. The molecule has 1 aromatic heterocycles. The summed E-state index contributed by atoms with van der Waals surface area (Å²) in [5.41, 5.74) is 2.20. The average molecular weight is 481 g/mol. The number of alkyl halides is 3. The third-order valence-corrected chi connectivity index (χ3v) is 8.03. The summed E-state index contributed by atoms with van der Waals surface area (Å²) >= 11 is 0. The van der Waals surface area contributed by atoms with Gasteiger partial charge in [0.05, 0.1) is 6.54 Å². The van der Waals surface area contributed by atoms with Gasteiger partial charge in [0.15, 0.2) is 0 Å². The number of amides is 1. The quantitative estimate of drug-likeness (QED) is 0.466. The maximum absolute atomic E-state index is 14.0. The van der Waals surface area contributed by atoms with Crippen LogP contribution in [0.1, 0.15) is 53.9 Å². The summed E-state index contributed by atoms with van der Waals surface area (Å²) in [6.45, 7) is 0.0360. The maximum atomic E-state index is 14.0. The minimum Gasteiger partial charge on any atom is -0.491 e. The molecule has 0 saturated heterocycles. The highest BCUT2D eigenvalue weighted by Crippen LogP contribution is 2.55. The minimum atomic E-state index is -4.58. The Hall–Kier alpha value is -3.42. The zero-order valence-electron chi connectivity index (χ0n) is 18.8. The number of para-hydroxylation sites is 1. The lowest BCUT2D eigenvalue weighted by Gasteiger charge is -2.45. The summed E-state index contributed by atoms with van der Waals surface area (Å²) in [6.07, 6.45) is 0.579. The Balaban J connectivity index is 1.29. The number of carbonyl (C=O) groups is 1. The van der Waals surface area contributed by atoms with E-state index >= 15 is 0 Å². The van der Waals surface area contributed by atoms with Crippen LogP contribution in [0, 0.1) is 0 Å². The number of hydrogen-bond acceptors (Lipinski definition) is 4. The molecule has 8 heteroatoms. The number of hydrogen-bond donors (Lipinski definition) is 0. The fraction of sp³-hybridized carbons (Fsp3) is 0.370. The normalized spacial score (nSPS) is 23.5. The van der Waals surface area contributed by atoms with Crippen LogP contribution in [-0.4, -0.2) is 18.1 Å². The molecule has 2 aromatic carbocycles. The molecule has 3 aliphatic heterocycles. The molecule has 35 heavy (non-hydrogen) atoms. The molecular weight excluding hydrogens is 459 g/mol. The smallest absolute Gasteiger partial charge is 0.449 e. The second-order valence-corrected chi connectivity index (χ2v) is 9.96. The van der Waals surface area contributed by atoms with Crippen LogP contribution in [0.5, 0.6) is 11.5 Å². The molecule has 1 unspecified atom stereocenters. The SMILES string of the molecule is O=C1N(Cc2ccc(C(F)(F)F)o2)c2ccccc2C12COc1cc3c(cc12)CCC1(CCC1)O3. The van der Waals surface area contributed by atoms with E-state index in [9.17, 15) is 18.0 Å². The van der Waals surface area contributed by atoms with E-state index in [1.54, 1.807) is 0 Å². The summed E-state index contributed by atoms with van der Waals surface area (Å²) in [6, 6.07) is 13.5. The second-order valence-electron chi connectivity index (χ2n) is 9.96. The third-order valence-electron chi connectivity index (χ3n) is 8.03. The Morgan fingerprint density at radius 2 is 1.80 bits per heavy atom. The van der Waals surface area contributed by atoms with E-state index < -0.39 is 17.4 Å². The Kier molecular flexibility index (Phi) is 4.08. The zero-order valence-corrected chi connectivity index (χ0v) is 18.8. The molecule has 3 aromatic rings. The van der Waals surface area contributed by atoms with Crippen LogP contribution >= 0.6 is 0 Å². The summed E-state index contributed by atoms with van der Waals surface area (Å²) in [5, 5.41) is 0. The Labute approximate surface area is 199 Å². The number of carbonyl (C=O) groups excluding carboxylic acids is 1. The van der Waals surface area contributed by atoms with Gasteiger partial charge in [-0.2, -0.15) is 13.2 Å². The summed E-state index contributed by atoms with van der Waals surface area (Å²) in [5.74, 6) is 0.225. The Morgan fingerprint density at radius 3 is 2.54 bits per heavy atom. The Morgan fingerprint density at radius 1 is 0.971 bits per heavy atom. The van der Waals surface area contributed by atoms with Gasteiger partial charge < -0.3 is 18.8 Å². The number of nitrogens with zero attached hydrogens (tertiary/aromatic N) is 1. The van der Waals surface area contributed by atoms with Gasteiger partial charge in [-0.1, -0.05) is 18.2 Å². The molecule has 1 fully saturated rings. The van der Waals surface area contributed by atoms with Crippen LogP contribution in [0.2, 0.25) is 0 Å². The highest BCUT2D eigenvalue weighted by Gasteiger charge is 2.57. The van der Waals surface area contributed by atoms with Crippen molar-refractivity contribution in [3.8, 4) is 11.5 Å². The van der Waals surface area contributed by atoms with E-state index in [4.69, 9.17) is 13.9 Å². The third kappa shape index (κ3) is 2.85. The number of benzene rings is 2. The van der Waals surface area contributed by atoms with Gasteiger partial charge in [-0.05, 0) is 67.5 Å². The monoisotopic (exact) mass is 481 g/mol. The van der Waals surface area contributed by atoms with Crippen molar-refractivity contribution in [2.75, 3.05) is 11.5 Å². The molecule has 1 atom stereocenters. The van der Waals surface area contributed by atoms with Gasteiger partial charge in [0.2, 0.25) is 11.7 Å². The first-order chi connectivity index (χ1) is 16.8. The van der Waals surface area contributed by atoms with E-state index in [-0.39, 0.29) is 30.4 Å². The van der Waals surface area contributed by atoms with Crippen LogP contribution in [0.15, 0.2) is 52.9 Å². The molecule has 0 N–H and O–H groups in total. The Bertz CT molecular complexity index is 1370. The number of halogens is 3. The summed E-state index contributed by atoms with van der Waals surface area (Å²) in [7, 11) is 0. The fourth-order valence-corrected chi connectivity index (χ4v) is 6.04. The zero-order chi connectivity index (χ0) is 24.0. The first-order valence-corrected chi connectivity index (χ1v) is 11.9. The van der Waals surface area contributed by atoms with Crippen LogP contribution in [0.3, 0.4) is 0 Å². The fourth-order valence-electron chi connectivity index (χ4n) is 6.04. The number of anilines is 1. The van der Waals surface area contributed by atoms with Crippen molar-refractivity contribution in [3.63, 3.8) is 0 Å². The number of rotatable bonds is 2. The van der Waals surface area contributed by atoms with Crippen molar-refractivity contribution < 1.29 is 31.9 Å². The predicted octanol–water partition coefficient (Wildman–Crippen LogP) is 5.77. The molecule has 0 radical (unpaired) electrons. The van der Waals surface area contributed by atoms with Crippen LogP contribution in [0.4, 0.5) is 18.9 Å². The molecule has 1 aliphatic carbocycles. The van der Waals surface area contributed by atoms with Gasteiger partial charge >= 0.3 is 6.18 Å². The van der Waals surface area contributed by atoms with Crippen molar-refractivity contribution in [1.29, 1.82) is 0 Å². The van der Waals surface area contributed by atoms with Gasteiger partial charge in [0, 0.05) is 17.3 Å². The molecule has 1 saturated carbocycles. The van der Waals surface area contributed by atoms with Gasteiger partial charge in [-0.15, -0.1) is 0 Å². The van der Waals surface area contributed by atoms with Crippen LogP contribution < -0.4 is 14.4 Å². The second kappa shape index (κ2) is 6.83. The van der Waals surface area contributed by atoms with Gasteiger partial charge in [0.25, 0.3) is 0 Å². The van der Waals surface area contributed by atoms with Crippen molar-refractivity contribution in [3.05, 3.63) is 76.7 Å². The number of furan rings is 1. The highest BCUT2D eigenvalue weighted by atomic mass is 19.4. The molecule has 180 valence electrons. The molecule has 4 aliphatic rings. The molecule has 0 bridgehead atoms. The van der Waals surface area contributed by atoms with Crippen molar-refractivity contribution in [1.82, 2.24) is 0 Å². The average Bonchev–Trinajstić information content (AvgIpc) is 3.50.